The van der Waals surface area contributed by atoms with Crippen molar-refractivity contribution in [1.82, 2.24) is 9.55 Å². The molecule has 0 atom stereocenters. The molecule has 0 aliphatic carbocycles. The van der Waals surface area contributed by atoms with E-state index in [0.29, 0.717) is 5.52 Å². The number of carbonyl (C=O) groups excluding carboxylic acids is 1. The molecule has 3 aromatic carbocycles. The number of nitrogens with two attached hydrogens (primary N) is 1. The minimum atomic E-state index is -4.15. The van der Waals surface area contributed by atoms with E-state index in [1.54, 1.807) is 36.4 Å². The Bertz CT molecular complexity index is 1550. The summed E-state index contributed by atoms with van der Waals surface area (Å²) in [4.78, 5) is 39.3. The molecule has 0 aliphatic heterocycles. The van der Waals surface area contributed by atoms with E-state index in [0.717, 1.165) is 4.57 Å². The normalized spacial score (nSPS) is 11.4. The Balaban J connectivity index is 1.81. The number of rotatable bonds is 5. The molecule has 4 rings (SSSR count). The third-order valence-electron chi connectivity index (χ3n) is 4.63. The first kappa shape index (κ1) is 20.1. The van der Waals surface area contributed by atoms with Crippen LogP contribution in [0.4, 0.5) is 5.69 Å². The number of sulfonamides is 1. The van der Waals surface area contributed by atoms with E-state index in [1.165, 1.54) is 36.4 Å². The lowest BCUT2D eigenvalue weighted by Gasteiger charge is -2.12. The predicted octanol–water partition coefficient (Wildman–Crippen LogP) is 1.58. The van der Waals surface area contributed by atoms with Crippen LogP contribution in [0.25, 0.3) is 16.6 Å². The van der Waals surface area contributed by atoms with E-state index in [1.807, 2.05) is 0 Å². The number of hydrogen-bond donors (Lipinski definition) is 3. The van der Waals surface area contributed by atoms with Crippen molar-refractivity contribution in [2.75, 3.05) is 4.72 Å². The number of para-hydroxylation sites is 2. The summed E-state index contributed by atoms with van der Waals surface area (Å²) >= 11 is 0. The second-order valence-corrected chi connectivity index (χ2v) is 8.31. The zero-order valence-electron chi connectivity index (χ0n) is 15.9. The van der Waals surface area contributed by atoms with Gasteiger partial charge < -0.3 is 10.7 Å². The maximum absolute atomic E-state index is 12.9. The van der Waals surface area contributed by atoms with Crippen molar-refractivity contribution in [2.45, 2.75) is 4.90 Å². The molecule has 4 N–H and O–H groups in total. The summed E-state index contributed by atoms with van der Waals surface area (Å²) in [6, 6.07) is 17.8. The molecule has 1 aromatic heterocycles. The van der Waals surface area contributed by atoms with Gasteiger partial charge in [-0.15, -0.1) is 0 Å². The number of nitrogens with zero attached hydrogens (tertiary/aromatic N) is 1. The number of amides is 1. The Hall–Kier alpha value is -4.18. The Morgan fingerprint density at radius 3 is 2.42 bits per heavy atom. The molecule has 10 heteroatoms. The van der Waals surface area contributed by atoms with Crippen LogP contribution in [0.5, 0.6) is 0 Å². The summed E-state index contributed by atoms with van der Waals surface area (Å²) in [5, 5.41) is 0.281. The van der Waals surface area contributed by atoms with Gasteiger partial charge in [0.15, 0.2) is 0 Å². The minimum Gasteiger partial charge on any atom is -0.366 e. The monoisotopic (exact) mass is 436 g/mol. The van der Waals surface area contributed by atoms with Gasteiger partial charge >= 0.3 is 5.69 Å². The molecule has 0 aliphatic rings. The number of aromatic amines is 1. The molecule has 0 bridgehead atoms. The number of nitrogens with one attached hydrogen (secondary N) is 2. The quantitative estimate of drug-likeness (QED) is 0.435. The van der Waals surface area contributed by atoms with Crippen LogP contribution in [0.3, 0.4) is 0 Å². The van der Waals surface area contributed by atoms with Crippen LogP contribution in [-0.2, 0) is 10.0 Å². The Morgan fingerprint density at radius 1 is 0.935 bits per heavy atom. The van der Waals surface area contributed by atoms with Gasteiger partial charge in [0.1, 0.15) is 0 Å². The van der Waals surface area contributed by atoms with Crippen molar-refractivity contribution < 1.29 is 13.2 Å². The maximum atomic E-state index is 12.9. The summed E-state index contributed by atoms with van der Waals surface area (Å²) in [7, 11) is -4.15. The maximum Gasteiger partial charge on any atom is 0.333 e. The molecule has 0 radical (unpaired) electrons. The topological polar surface area (TPSA) is 144 Å². The zero-order chi connectivity index (χ0) is 22.2. The van der Waals surface area contributed by atoms with Crippen molar-refractivity contribution >= 4 is 32.5 Å². The van der Waals surface area contributed by atoms with Crippen LogP contribution in [0.15, 0.2) is 87.3 Å². The van der Waals surface area contributed by atoms with E-state index in [4.69, 9.17) is 5.73 Å². The zero-order valence-corrected chi connectivity index (χ0v) is 16.7. The van der Waals surface area contributed by atoms with Gasteiger partial charge in [-0.05, 0) is 42.5 Å². The average Bonchev–Trinajstić information content (AvgIpc) is 2.74. The van der Waals surface area contributed by atoms with E-state index >= 15 is 0 Å². The lowest BCUT2D eigenvalue weighted by molar-refractivity contribution is 0.100. The summed E-state index contributed by atoms with van der Waals surface area (Å²) in [6.45, 7) is 0. The van der Waals surface area contributed by atoms with Crippen LogP contribution in [0.2, 0.25) is 0 Å². The molecule has 0 unspecified atom stereocenters. The summed E-state index contributed by atoms with van der Waals surface area (Å²) in [5.74, 6) is -0.790. The predicted molar refractivity (Wildman–Crippen MR) is 116 cm³/mol. The highest BCUT2D eigenvalue weighted by atomic mass is 32.2. The van der Waals surface area contributed by atoms with Crippen LogP contribution in [0.1, 0.15) is 10.4 Å². The van der Waals surface area contributed by atoms with Gasteiger partial charge in [0, 0.05) is 0 Å². The lowest BCUT2D eigenvalue weighted by Crippen LogP contribution is -2.33. The molecule has 0 saturated heterocycles. The molecule has 9 nitrogen and oxygen atoms in total. The highest BCUT2D eigenvalue weighted by Crippen LogP contribution is 2.21. The van der Waals surface area contributed by atoms with Crippen LogP contribution in [-0.4, -0.2) is 23.9 Å². The number of fused-ring (bicyclic) bond motifs is 1. The van der Waals surface area contributed by atoms with E-state index in [-0.39, 0.29) is 27.2 Å². The van der Waals surface area contributed by atoms with Gasteiger partial charge in [0.2, 0.25) is 0 Å². The first-order chi connectivity index (χ1) is 14.8. The number of anilines is 1. The van der Waals surface area contributed by atoms with Gasteiger partial charge in [0.05, 0.1) is 32.7 Å². The molecular weight excluding hydrogens is 420 g/mol. The molecule has 156 valence electrons. The number of carbonyl (C=O) groups is 1. The fraction of sp³-hybridized carbons (Fsp3) is 0. The average molecular weight is 436 g/mol. The number of primary amides is 1. The molecule has 1 amide bonds. The van der Waals surface area contributed by atoms with Crippen molar-refractivity contribution in [1.29, 1.82) is 0 Å². The van der Waals surface area contributed by atoms with Gasteiger partial charge in [-0.2, -0.15) is 0 Å². The Labute approximate surface area is 175 Å². The number of H-pyrrole nitrogens is 1. The van der Waals surface area contributed by atoms with Gasteiger partial charge in [0.25, 0.3) is 21.5 Å². The molecular formula is C21H16N4O5S. The SMILES string of the molecule is NC(=O)c1ccccc1NS(=O)(=O)c1cccc(-n2c(=O)[nH]c3ccccc3c2=O)c1. The van der Waals surface area contributed by atoms with Gasteiger partial charge in [-0.1, -0.05) is 30.3 Å². The van der Waals surface area contributed by atoms with Gasteiger partial charge in [-0.3, -0.25) is 14.3 Å². The Morgan fingerprint density at radius 2 is 1.65 bits per heavy atom. The first-order valence-electron chi connectivity index (χ1n) is 9.04. The summed E-state index contributed by atoms with van der Waals surface area (Å²) < 4.78 is 29.0. The molecule has 31 heavy (non-hydrogen) atoms. The highest BCUT2D eigenvalue weighted by Gasteiger charge is 2.19. The summed E-state index contributed by atoms with van der Waals surface area (Å²) in [6.07, 6.45) is 0. The molecule has 0 fully saturated rings. The fourth-order valence-electron chi connectivity index (χ4n) is 3.18. The van der Waals surface area contributed by atoms with Crippen molar-refractivity contribution in [3.63, 3.8) is 0 Å². The second kappa shape index (κ2) is 7.58. The molecule has 0 spiro atoms. The van der Waals surface area contributed by atoms with E-state index < -0.39 is 27.2 Å². The van der Waals surface area contributed by atoms with Crippen molar-refractivity contribution in [3.05, 3.63) is 99.2 Å². The van der Waals surface area contributed by atoms with Crippen molar-refractivity contribution in [2.24, 2.45) is 5.73 Å². The van der Waals surface area contributed by atoms with E-state index in [9.17, 15) is 22.8 Å². The minimum absolute atomic E-state index is 0.00410. The molecule has 0 saturated carbocycles. The first-order valence-corrected chi connectivity index (χ1v) is 10.5. The van der Waals surface area contributed by atoms with Crippen LogP contribution in [0, 0.1) is 0 Å². The number of aromatic nitrogens is 2. The van der Waals surface area contributed by atoms with Crippen molar-refractivity contribution in [3.8, 4) is 5.69 Å². The number of hydrogen-bond acceptors (Lipinski definition) is 5. The second-order valence-electron chi connectivity index (χ2n) is 6.63. The summed E-state index contributed by atoms with van der Waals surface area (Å²) in [5.41, 5.74) is 4.48. The molecule has 4 aromatic rings. The molecule has 1 heterocycles. The highest BCUT2D eigenvalue weighted by molar-refractivity contribution is 7.92. The lowest BCUT2D eigenvalue weighted by atomic mass is 10.2. The van der Waals surface area contributed by atoms with Crippen LogP contribution >= 0.6 is 0 Å². The third-order valence-corrected chi connectivity index (χ3v) is 5.99. The van der Waals surface area contributed by atoms with Gasteiger partial charge in [-0.25, -0.2) is 17.8 Å². The smallest absolute Gasteiger partial charge is 0.333 e. The van der Waals surface area contributed by atoms with Crippen LogP contribution < -0.4 is 21.7 Å². The fourth-order valence-corrected chi connectivity index (χ4v) is 4.30. The van der Waals surface area contributed by atoms with E-state index in [2.05, 4.69) is 9.71 Å². The largest absolute Gasteiger partial charge is 0.366 e. The number of benzene rings is 3. The third kappa shape index (κ3) is 3.71. The Kier molecular flexibility index (Phi) is 4.91. The standard InChI is InChI=1S/C21H16N4O5S/c22-19(26)15-8-1-4-11-18(15)24-31(29,30)14-7-5-6-13(12-14)25-20(27)16-9-2-3-10-17(16)23-21(25)28/h1-12,24H,(H2,22,26)(H,23,28).